The molecule has 0 radical (unpaired) electrons. The lowest BCUT2D eigenvalue weighted by Gasteiger charge is -2.12. The predicted octanol–water partition coefficient (Wildman–Crippen LogP) is 5.01. The third kappa shape index (κ3) is 3.06. The fourth-order valence-corrected chi connectivity index (χ4v) is 2.15. The SMILES string of the molecule is Nc1ccc(-c2ccc(F)cc2)c(Oc2cccc(F)c2)c1. The molecule has 0 aliphatic heterocycles. The number of hydrogen-bond donors (Lipinski definition) is 1. The summed E-state index contributed by atoms with van der Waals surface area (Å²) in [5.41, 5.74) is 7.86. The molecule has 3 rings (SSSR count). The molecule has 0 amide bonds. The van der Waals surface area contributed by atoms with E-state index in [0.29, 0.717) is 17.2 Å². The molecule has 2 nitrogen and oxygen atoms in total. The number of nitrogen functional groups attached to an aromatic ring is 1. The lowest BCUT2D eigenvalue weighted by molar-refractivity contribution is 0.478. The first-order chi connectivity index (χ1) is 10.6. The summed E-state index contributed by atoms with van der Waals surface area (Å²) in [4.78, 5) is 0. The van der Waals surface area contributed by atoms with Gasteiger partial charge in [-0.1, -0.05) is 18.2 Å². The number of rotatable bonds is 3. The van der Waals surface area contributed by atoms with Crippen LogP contribution in [0.5, 0.6) is 11.5 Å². The van der Waals surface area contributed by atoms with Crippen molar-refractivity contribution in [2.75, 3.05) is 5.73 Å². The molecule has 0 spiro atoms. The summed E-state index contributed by atoms with van der Waals surface area (Å²) in [6, 6.07) is 17.1. The highest BCUT2D eigenvalue weighted by atomic mass is 19.1. The van der Waals surface area contributed by atoms with E-state index < -0.39 is 0 Å². The maximum absolute atomic E-state index is 13.3. The second-order valence-corrected chi connectivity index (χ2v) is 4.82. The van der Waals surface area contributed by atoms with Gasteiger partial charge in [-0.3, -0.25) is 0 Å². The first-order valence-electron chi connectivity index (χ1n) is 6.71. The van der Waals surface area contributed by atoms with E-state index >= 15 is 0 Å². The van der Waals surface area contributed by atoms with Crippen molar-refractivity contribution in [3.8, 4) is 22.6 Å². The molecule has 0 aliphatic rings. The molecule has 2 N–H and O–H groups in total. The van der Waals surface area contributed by atoms with Gasteiger partial charge in [-0.05, 0) is 42.0 Å². The molecule has 22 heavy (non-hydrogen) atoms. The van der Waals surface area contributed by atoms with E-state index in [2.05, 4.69) is 0 Å². The average molecular weight is 297 g/mol. The van der Waals surface area contributed by atoms with Crippen LogP contribution in [0.15, 0.2) is 66.7 Å². The van der Waals surface area contributed by atoms with E-state index in [-0.39, 0.29) is 11.6 Å². The molecule has 0 saturated heterocycles. The van der Waals surface area contributed by atoms with Gasteiger partial charge in [0.1, 0.15) is 23.1 Å². The summed E-state index contributed by atoms with van der Waals surface area (Å²) in [6.45, 7) is 0. The first-order valence-corrected chi connectivity index (χ1v) is 6.71. The maximum Gasteiger partial charge on any atom is 0.137 e. The van der Waals surface area contributed by atoms with Gasteiger partial charge in [0.2, 0.25) is 0 Å². The molecule has 0 fully saturated rings. The number of benzene rings is 3. The van der Waals surface area contributed by atoms with Crippen LogP contribution in [0.1, 0.15) is 0 Å². The highest BCUT2D eigenvalue weighted by Gasteiger charge is 2.09. The Morgan fingerprint density at radius 1 is 0.773 bits per heavy atom. The molecule has 3 aromatic carbocycles. The topological polar surface area (TPSA) is 35.2 Å². The summed E-state index contributed by atoms with van der Waals surface area (Å²) >= 11 is 0. The van der Waals surface area contributed by atoms with Gasteiger partial charge < -0.3 is 10.5 Å². The molecule has 4 heteroatoms. The van der Waals surface area contributed by atoms with Gasteiger partial charge in [0.15, 0.2) is 0 Å². The summed E-state index contributed by atoms with van der Waals surface area (Å²) in [5.74, 6) is 0.155. The Balaban J connectivity index is 2.02. The lowest BCUT2D eigenvalue weighted by Crippen LogP contribution is -1.92. The minimum absolute atomic E-state index is 0.313. The number of hydrogen-bond acceptors (Lipinski definition) is 2. The quantitative estimate of drug-likeness (QED) is 0.690. The minimum Gasteiger partial charge on any atom is -0.457 e. The van der Waals surface area contributed by atoms with Crippen LogP contribution in [0, 0.1) is 11.6 Å². The summed E-state index contributed by atoms with van der Waals surface area (Å²) in [6.07, 6.45) is 0. The Hall–Kier alpha value is -2.88. The van der Waals surface area contributed by atoms with E-state index in [1.54, 1.807) is 42.5 Å². The van der Waals surface area contributed by atoms with Gasteiger partial charge in [-0.15, -0.1) is 0 Å². The number of ether oxygens (including phenoxy) is 1. The largest absolute Gasteiger partial charge is 0.457 e. The fourth-order valence-electron chi connectivity index (χ4n) is 2.15. The van der Waals surface area contributed by atoms with Crippen LogP contribution in [0.2, 0.25) is 0 Å². The Bertz CT molecular complexity index is 800. The molecular formula is C18H13F2NO. The normalized spacial score (nSPS) is 10.5. The van der Waals surface area contributed by atoms with Crippen molar-refractivity contribution in [1.29, 1.82) is 0 Å². The van der Waals surface area contributed by atoms with Gasteiger partial charge >= 0.3 is 0 Å². The second-order valence-electron chi connectivity index (χ2n) is 4.82. The van der Waals surface area contributed by atoms with E-state index in [4.69, 9.17) is 10.5 Å². The number of halogens is 2. The van der Waals surface area contributed by atoms with Crippen molar-refractivity contribution in [3.05, 3.63) is 78.4 Å². The molecule has 0 atom stereocenters. The Kier molecular flexibility index (Phi) is 3.74. The van der Waals surface area contributed by atoms with Crippen LogP contribution < -0.4 is 10.5 Å². The van der Waals surface area contributed by atoms with Crippen molar-refractivity contribution >= 4 is 5.69 Å². The Morgan fingerprint density at radius 3 is 2.27 bits per heavy atom. The summed E-state index contributed by atoms with van der Waals surface area (Å²) < 4.78 is 32.1. The fraction of sp³-hybridized carbons (Fsp3) is 0. The van der Waals surface area contributed by atoms with Crippen molar-refractivity contribution in [3.63, 3.8) is 0 Å². The van der Waals surface area contributed by atoms with Crippen LogP contribution in [0.25, 0.3) is 11.1 Å². The van der Waals surface area contributed by atoms with Crippen LogP contribution >= 0.6 is 0 Å². The zero-order chi connectivity index (χ0) is 15.5. The highest BCUT2D eigenvalue weighted by molar-refractivity contribution is 5.73. The van der Waals surface area contributed by atoms with Gasteiger partial charge in [0.05, 0.1) is 0 Å². The zero-order valence-corrected chi connectivity index (χ0v) is 11.6. The van der Waals surface area contributed by atoms with Crippen molar-refractivity contribution < 1.29 is 13.5 Å². The lowest BCUT2D eigenvalue weighted by atomic mass is 10.0. The third-order valence-electron chi connectivity index (χ3n) is 3.18. The minimum atomic E-state index is -0.385. The van der Waals surface area contributed by atoms with E-state index in [1.165, 1.54) is 24.3 Å². The molecule has 0 heterocycles. The molecule has 0 bridgehead atoms. The van der Waals surface area contributed by atoms with Gasteiger partial charge in [-0.2, -0.15) is 0 Å². The highest BCUT2D eigenvalue weighted by Crippen LogP contribution is 2.35. The molecule has 0 unspecified atom stereocenters. The van der Waals surface area contributed by atoms with Crippen LogP contribution in [0.4, 0.5) is 14.5 Å². The molecule has 0 saturated carbocycles. The standard InChI is InChI=1S/C18H13F2NO/c19-13-6-4-12(5-7-13)17-9-8-15(21)11-18(17)22-16-3-1-2-14(20)10-16/h1-11H,21H2. The van der Waals surface area contributed by atoms with E-state index in [1.807, 2.05) is 0 Å². The number of nitrogens with two attached hydrogens (primary N) is 1. The van der Waals surface area contributed by atoms with Crippen molar-refractivity contribution in [2.45, 2.75) is 0 Å². The van der Waals surface area contributed by atoms with Crippen molar-refractivity contribution in [1.82, 2.24) is 0 Å². The first kappa shape index (κ1) is 14.1. The number of anilines is 1. The van der Waals surface area contributed by atoms with E-state index in [0.717, 1.165) is 11.1 Å². The Labute approximate surface area is 126 Å². The molecule has 0 aromatic heterocycles. The Morgan fingerprint density at radius 2 is 1.55 bits per heavy atom. The van der Waals surface area contributed by atoms with Crippen LogP contribution in [-0.4, -0.2) is 0 Å². The molecule has 0 aliphatic carbocycles. The maximum atomic E-state index is 13.3. The molecule has 110 valence electrons. The van der Waals surface area contributed by atoms with E-state index in [9.17, 15) is 8.78 Å². The van der Waals surface area contributed by atoms with Crippen LogP contribution in [-0.2, 0) is 0 Å². The van der Waals surface area contributed by atoms with Gasteiger partial charge in [0, 0.05) is 23.4 Å². The summed E-state index contributed by atoms with van der Waals surface area (Å²) in [7, 11) is 0. The molecule has 3 aromatic rings. The zero-order valence-electron chi connectivity index (χ0n) is 11.6. The monoisotopic (exact) mass is 297 g/mol. The second kappa shape index (κ2) is 5.85. The average Bonchev–Trinajstić information content (AvgIpc) is 2.49. The van der Waals surface area contributed by atoms with Gasteiger partial charge in [0.25, 0.3) is 0 Å². The van der Waals surface area contributed by atoms with Crippen molar-refractivity contribution in [2.24, 2.45) is 0 Å². The summed E-state index contributed by atoms with van der Waals surface area (Å²) in [5, 5.41) is 0. The molecular weight excluding hydrogens is 284 g/mol. The predicted molar refractivity (Wildman–Crippen MR) is 82.7 cm³/mol. The van der Waals surface area contributed by atoms with Crippen LogP contribution in [0.3, 0.4) is 0 Å². The van der Waals surface area contributed by atoms with Gasteiger partial charge in [-0.25, -0.2) is 8.78 Å². The third-order valence-corrected chi connectivity index (χ3v) is 3.18. The smallest absolute Gasteiger partial charge is 0.137 e.